The standard InChI is InChI=1S/C24H31NO4/c1-16(2)11-13-25(14-12-17(3)4)18-9-10-21(22(26)15-18)23(27)19-7-5-6-8-20(19)24(28)29/h5-10,15-17,26H,11-14H2,1-4H3,(H,28,29). The average molecular weight is 398 g/mol. The summed E-state index contributed by atoms with van der Waals surface area (Å²) in [5.74, 6) is -0.662. The van der Waals surface area contributed by atoms with Crippen molar-refractivity contribution >= 4 is 17.4 Å². The summed E-state index contributed by atoms with van der Waals surface area (Å²) in [7, 11) is 0. The number of phenols is 1. The highest BCUT2D eigenvalue weighted by Crippen LogP contribution is 2.28. The van der Waals surface area contributed by atoms with Gasteiger partial charge in [0.25, 0.3) is 0 Å². The van der Waals surface area contributed by atoms with Crippen molar-refractivity contribution in [3.63, 3.8) is 0 Å². The number of aromatic hydroxyl groups is 1. The molecule has 0 spiro atoms. The Hall–Kier alpha value is -2.82. The number of hydrogen-bond donors (Lipinski definition) is 2. The molecule has 0 heterocycles. The summed E-state index contributed by atoms with van der Waals surface area (Å²) >= 11 is 0. The number of rotatable bonds is 10. The third kappa shape index (κ3) is 6.08. The van der Waals surface area contributed by atoms with Gasteiger partial charge < -0.3 is 15.1 Å². The Morgan fingerprint density at radius 3 is 1.90 bits per heavy atom. The van der Waals surface area contributed by atoms with Crippen molar-refractivity contribution in [1.82, 2.24) is 0 Å². The molecule has 0 unspecified atom stereocenters. The largest absolute Gasteiger partial charge is 0.507 e. The van der Waals surface area contributed by atoms with Crippen LogP contribution in [-0.2, 0) is 0 Å². The fourth-order valence-corrected chi connectivity index (χ4v) is 3.12. The van der Waals surface area contributed by atoms with E-state index in [-0.39, 0.29) is 22.4 Å². The van der Waals surface area contributed by atoms with Gasteiger partial charge >= 0.3 is 5.97 Å². The van der Waals surface area contributed by atoms with Crippen LogP contribution in [0.1, 0.15) is 66.8 Å². The minimum atomic E-state index is -1.17. The molecule has 5 heteroatoms. The van der Waals surface area contributed by atoms with E-state index in [1.807, 2.05) is 6.07 Å². The third-order valence-electron chi connectivity index (χ3n) is 4.95. The molecule has 29 heavy (non-hydrogen) atoms. The number of carbonyl (C=O) groups is 2. The van der Waals surface area contributed by atoms with E-state index in [0.29, 0.717) is 11.8 Å². The Balaban J connectivity index is 2.32. The fourth-order valence-electron chi connectivity index (χ4n) is 3.12. The van der Waals surface area contributed by atoms with Gasteiger partial charge in [-0.3, -0.25) is 4.79 Å². The zero-order valence-corrected chi connectivity index (χ0v) is 17.7. The van der Waals surface area contributed by atoms with Crippen molar-refractivity contribution in [2.75, 3.05) is 18.0 Å². The minimum Gasteiger partial charge on any atom is -0.507 e. The van der Waals surface area contributed by atoms with Gasteiger partial charge in [0.2, 0.25) is 0 Å². The number of carboxylic acid groups (broad SMARTS) is 1. The van der Waals surface area contributed by atoms with Gasteiger partial charge in [-0.05, 0) is 42.9 Å². The molecule has 0 atom stereocenters. The maximum Gasteiger partial charge on any atom is 0.336 e. The molecule has 0 aliphatic carbocycles. The van der Waals surface area contributed by atoms with Gasteiger partial charge in [-0.1, -0.05) is 45.9 Å². The molecule has 0 aliphatic rings. The first-order valence-electron chi connectivity index (χ1n) is 10.2. The number of ketones is 1. The van der Waals surface area contributed by atoms with Crippen LogP contribution >= 0.6 is 0 Å². The molecule has 0 aromatic heterocycles. The molecule has 156 valence electrons. The Labute approximate surface area is 173 Å². The van der Waals surface area contributed by atoms with Gasteiger partial charge in [0.05, 0.1) is 11.1 Å². The van der Waals surface area contributed by atoms with Gasteiger partial charge in [-0.25, -0.2) is 4.79 Å². The van der Waals surface area contributed by atoms with Crippen molar-refractivity contribution in [2.45, 2.75) is 40.5 Å². The maximum atomic E-state index is 12.9. The Kier molecular flexibility index (Phi) is 7.82. The lowest BCUT2D eigenvalue weighted by Crippen LogP contribution is -2.27. The molecular weight excluding hydrogens is 366 g/mol. The first-order valence-corrected chi connectivity index (χ1v) is 10.2. The van der Waals surface area contributed by atoms with E-state index >= 15 is 0 Å². The molecule has 2 rings (SSSR count). The highest BCUT2D eigenvalue weighted by Gasteiger charge is 2.21. The minimum absolute atomic E-state index is 0.0690. The predicted octanol–water partition coefficient (Wildman–Crippen LogP) is 5.22. The normalized spacial score (nSPS) is 11.1. The molecule has 2 aromatic carbocycles. The third-order valence-corrected chi connectivity index (χ3v) is 4.95. The van der Waals surface area contributed by atoms with Crippen LogP contribution in [-0.4, -0.2) is 35.1 Å². The molecular formula is C24H31NO4. The van der Waals surface area contributed by atoms with Crippen LogP contribution < -0.4 is 4.90 Å². The summed E-state index contributed by atoms with van der Waals surface area (Å²) in [4.78, 5) is 26.5. The number of aromatic carboxylic acids is 1. The number of nitrogens with zero attached hydrogens (tertiary/aromatic N) is 1. The van der Waals surface area contributed by atoms with E-state index in [4.69, 9.17) is 0 Å². The van der Waals surface area contributed by atoms with Gasteiger partial charge in [-0.15, -0.1) is 0 Å². The molecule has 5 nitrogen and oxygen atoms in total. The van der Waals surface area contributed by atoms with Crippen molar-refractivity contribution in [3.05, 3.63) is 59.2 Å². The van der Waals surface area contributed by atoms with Crippen LogP contribution in [0.15, 0.2) is 42.5 Å². The van der Waals surface area contributed by atoms with Crippen molar-refractivity contribution < 1.29 is 19.8 Å². The van der Waals surface area contributed by atoms with Crippen molar-refractivity contribution in [2.24, 2.45) is 11.8 Å². The number of carboxylic acids is 1. The summed E-state index contributed by atoms with van der Waals surface area (Å²) < 4.78 is 0. The Morgan fingerprint density at radius 2 is 1.41 bits per heavy atom. The van der Waals surface area contributed by atoms with Crippen LogP contribution in [0.4, 0.5) is 5.69 Å². The van der Waals surface area contributed by atoms with Gasteiger partial charge in [-0.2, -0.15) is 0 Å². The number of carbonyl (C=O) groups excluding carboxylic acids is 1. The van der Waals surface area contributed by atoms with Crippen LogP contribution in [0, 0.1) is 11.8 Å². The SMILES string of the molecule is CC(C)CCN(CCC(C)C)c1ccc(C(=O)c2ccccc2C(=O)O)c(O)c1. The lowest BCUT2D eigenvalue weighted by Gasteiger charge is -2.27. The second kappa shape index (κ2) is 10.1. The second-order valence-electron chi connectivity index (χ2n) is 8.23. The average Bonchev–Trinajstić information content (AvgIpc) is 2.67. The lowest BCUT2D eigenvalue weighted by molar-refractivity contribution is 0.0692. The van der Waals surface area contributed by atoms with Gasteiger partial charge in [0, 0.05) is 30.4 Å². The summed E-state index contributed by atoms with van der Waals surface area (Å²) in [6.45, 7) is 10.5. The number of phenolic OH excluding ortho intramolecular Hbond substituents is 1. The molecule has 0 fully saturated rings. The predicted molar refractivity (Wildman–Crippen MR) is 116 cm³/mol. The molecule has 0 aliphatic heterocycles. The lowest BCUT2D eigenvalue weighted by atomic mass is 9.97. The summed E-state index contributed by atoms with van der Waals surface area (Å²) in [5, 5.41) is 19.9. The smallest absolute Gasteiger partial charge is 0.336 e. The zero-order valence-electron chi connectivity index (χ0n) is 17.7. The summed E-state index contributed by atoms with van der Waals surface area (Å²) in [6, 6.07) is 11.1. The van der Waals surface area contributed by atoms with Crippen LogP contribution in [0.5, 0.6) is 5.75 Å². The molecule has 0 bridgehead atoms. The molecule has 0 saturated heterocycles. The van der Waals surface area contributed by atoms with Crippen LogP contribution in [0.2, 0.25) is 0 Å². The number of hydrogen-bond acceptors (Lipinski definition) is 4. The summed E-state index contributed by atoms with van der Waals surface area (Å²) in [6.07, 6.45) is 2.07. The van der Waals surface area contributed by atoms with E-state index < -0.39 is 11.8 Å². The second-order valence-corrected chi connectivity index (χ2v) is 8.23. The quantitative estimate of drug-likeness (QED) is 0.538. The van der Waals surface area contributed by atoms with Crippen LogP contribution in [0.25, 0.3) is 0 Å². The zero-order chi connectivity index (χ0) is 21.6. The van der Waals surface area contributed by atoms with E-state index in [1.165, 1.54) is 12.1 Å². The highest BCUT2D eigenvalue weighted by molar-refractivity contribution is 6.15. The first kappa shape index (κ1) is 22.5. The molecule has 0 amide bonds. The topological polar surface area (TPSA) is 77.8 Å². The maximum absolute atomic E-state index is 12.9. The van der Waals surface area contributed by atoms with Crippen molar-refractivity contribution in [1.29, 1.82) is 0 Å². The van der Waals surface area contributed by atoms with E-state index in [9.17, 15) is 19.8 Å². The first-order chi connectivity index (χ1) is 13.7. The number of benzene rings is 2. The number of anilines is 1. The highest BCUT2D eigenvalue weighted by atomic mass is 16.4. The van der Waals surface area contributed by atoms with E-state index in [1.54, 1.807) is 24.3 Å². The van der Waals surface area contributed by atoms with Gasteiger partial charge in [0.15, 0.2) is 5.78 Å². The van der Waals surface area contributed by atoms with Crippen LogP contribution in [0.3, 0.4) is 0 Å². The Morgan fingerprint density at radius 1 is 0.862 bits per heavy atom. The van der Waals surface area contributed by atoms with E-state index in [0.717, 1.165) is 31.6 Å². The Bertz CT molecular complexity index is 846. The molecule has 2 N–H and O–H groups in total. The molecule has 2 aromatic rings. The van der Waals surface area contributed by atoms with Crippen molar-refractivity contribution in [3.8, 4) is 5.75 Å². The summed E-state index contributed by atoms with van der Waals surface area (Å²) in [5.41, 5.74) is 0.970. The van der Waals surface area contributed by atoms with Gasteiger partial charge in [0.1, 0.15) is 5.75 Å². The van der Waals surface area contributed by atoms with E-state index in [2.05, 4.69) is 32.6 Å². The molecule has 0 saturated carbocycles. The molecule has 0 radical (unpaired) electrons. The monoisotopic (exact) mass is 397 g/mol. The fraction of sp³-hybridized carbons (Fsp3) is 0.417.